The summed E-state index contributed by atoms with van der Waals surface area (Å²) in [6, 6.07) is 11.7. The summed E-state index contributed by atoms with van der Waals surface area (Å²) in [4.78, 5) is 2.68. The van der Waals surface area contributed by atoms with Crippen LogP contribution in [0.2, 0.25) is 0 Å². The van der Waals surface area contributed by atoms with Crippen LogP contribution in [0.3, 0.4) is 0 Å². The van der Waals surface area contributed by atoms with Crippen molar-refractivity contribution in [1.29, 1.82) is 0 Å². The molecule has 1 aromatic carbocycles. The Bertz CT molecular complexity index is 364. The van der Waals surface area contributed by atoms with Gasteiger partial charge in [0.25, 0.3) is 0 Å². The second-order valence-corrected chi connectivity index (χ2v) is 5.85. The van der Waals surface area contributed by atoms with E-state index in [0.29, 0.717) is 0 Å². The quantitative estimate of drug-likeness (QED) is 0.722. The average Bonchev–Trinajstić information content (AvgIpc) is 3.03. The lowest BCUT2D eigenvalue weighted by molar-refractivity contribution is 0.200. The van der Waals surface area contributed by atoms with Gasteiger partial charge in [-0.25, -0.2) is 0 Å². The Balaban J connectivity index is 1.62. The number of benzene rings is 1. The summed E-state index contributed by atoms with van der Waals surface area (Å²) < 4.78 is 0. The van der Waals surface area contributed by atoms with E-state index in [1.54, 1.807) is 0 Å². The van der Waals surface area contributed by atoms with Gasteiger partial charge in [-0.2, -0.15) is 0 Å². The molecule has 0 N–H and O–H groups in total. The van der Waals surface area contributed by atoms with Gasteiger partial charge in [0.05, 0.1) is 0 Å². The molecule has 92 valence electrons. The van der Waals surface area contributed by atoms with Gasteiger partial charge in [-0.3, -0.25) is 4.90 Å². The molecule has 0 spiro atoms. The maximum atomic E-state index is 5.83. The zero-order chi connectivity index (χ0) is 11.7. The number of piperidine rings is 1. The number of halogens is 1. The fraction of sp³-hybridized carbons (Fsp3) is 0.600. The molecule has 2 aliphatic rings. The molecule has 0 amide bonds. The van der Waals surface area contributed by atoms with Crippen LogP contribution in [0.4, 0.5) is 0 Å². The molecule has 1 aromatic rings. The lowest BCUT2D eigenvalue weighted by atomic mass is 10.1. The molecule has 1 saturated heterocycles. The van der Waals surface area contributed by atoms with E-state index < -0.39 is 0 Å². The van der Waals surface area contributed by atoms with E-state index in [2.05, 4.69) is 35.2 Å². The van der Waals surface area contributed by atoms with Gasteiger partial charge in [-0.1, -0.05) is 30.3 Å². The maximum Gasteiger partial charge on any atom is 0.0236 e. The van der Waals surface area contributed by atoms with Crippen molar-refractivity contribution in [2.24, 2.45) is 11.8 Å². The Morgan fingerprint density at radius 3 is 2.82 bits per heavy atom. The molecule has 0 aromatic heterocycles. The minimum absolute atomic E-state index is 0.805. The lowest BCUT2D eigenvalue weighted by Gasteiger charge is -2.27. The van der Waals surface area contributed by atoms with E-state index in [9.17, 15) is 0 Å². The van der Waals surface area contributed by atoms with Crippen molar-refractivity contribution in [2.75, 3.05) is 12.4 Å². The van der Waals surface area contributed by atoms with Gasteiger partial charge in [0.2, 0.25) is 0 Å². The van der Waals surface area contributed by atoms with Gasteiger partial charge < -0.3 is 0 Å². The van der Waals surface area contributed by atoms with Crippen LogP contribution >= 0.6 is 11.6 Å². The number of fused-ring (bicyclic) bond motifs is 1. The molecule has 17 heavy (non-hydrogen) atoms. The maximum absolute atomic E-state index is 5.83. The van der Waals surface area contributed by atoms with Crippen molar-refractivity contribution in [2.45, 2.75) is 31.8 Å². The van der Waals surface area contributed by atoms with Gasteiger partial charge in [-0.05, 0) is 36.7 Å². The minimum atomic E-state index is 0.805. The predicted octanol–water partition coefficient (Wildman–Crippen LogP) is 3.53. The third kappa shape index (κ3) is 2.51. The van der Waals surface area contributed by atoms with Crippen LogP contribution in [0.5, 0.6) is 0 Å². The molecular weight excluding hydrogens is 230 g/mol. The first kappa shape index (κ1) is 11.6. The molecule has 1 saturated carbocycles. The molecule has 0 radical (unpaired) electrons. The predicted molar refractivity (Wildman–Crippen MR) is 72.2 cm³/mol. The molecule has 1 nitrogen and oxygen atoms in total. The van der Waals surface area contributed by atoms with E-state index in [-0.39, 0.29) is 0 Å². The number of rotatable bonds is 5. The normalized spacial score (nSPS) is 31.5. The summed E-state index contributed by atoms with van der Waals surface area (Å²) in [5.74, 6) is 2.80. The SMILES string of the molecule is ClCCC[C@H]1[C@H]2C[C@H]2CN1Cc1ccccc1. The summed E-state index contributed by atoms with van der Waals surface area (Å²) >= 11 is 5.83. The van der Waals surface area contributed by atoms with E-state index in [1.807, 2.05) is 0 Å². The Labute approximate surface area is 109 Å². The Kier molecular flexibility index (Phi) is 3.39. The van der Waals surface area contributed by atoms with Crippen molar-refractivity contribution in [3.8, 4) is 0 Å². The van der Waals surface area contributed by atoms with Crippen molar-refractivity contribution in [3.05, 3.63) is 35.9 Å². The first-order valence-electron chi connectivity index (χ1n) is 6.72. The van der Waals surface area contributed by atoms with Crippen molar-refractivity contribution in [3.63, 3.8) is 0 Å². The van der Waals surface area contributed by atoms with Gasteiger partial charge in [0, 0.05) is 25.0 Å². The highest BCUT2D eigenvalue weighted by Crippen LogP contribution is 2.51. The second-order valence-electron chi connectivity index (χ2n) is 5.47. The highest BCUT2D eigenvalue weighted by Gasteiger charge is 2.51. The largest absolute Gasteiger partial charge is 0.296 e. The smallest absolute Gasteiger partial charge is 0.0236 e. The van der Waals surface area contributed by atoms with Crippen molar-refractivity contribution < 1.29 is 0 Å². The Morgan fingerprint density at radius 1 is 1.24 bits per heavy atom. The zero-order valence-corrected chi connectivity index (χ0v) is 10.9. The molecule has 0 bridgehead atoms. The van der Waals surface area contributed by atoms with Crippen LogP contribution in [0.25, 0.3) is 0 Å². The lowest BCUT2D eigenvalue weighted by Crippen LogP contribution is -2.32. The number of nitrogens with zero attached hydrogens (tertiary/aromatic N) is 1. The monoisotopic (exact) mass is 249 g/mol. The number of alkyl halides is 1. The molecule has 1 aliphatic carbocycles. The number of hydrogen-bond acceptors (Lipinski definition) is 1. The molecule has 2 fully saturated rings. The second kappa shape index (κ2) is 4.99. The Morgan fingerprint density at radius 2 is 2.06 bits per heavy atom. The molecule has 3 atom stereocenters. The van der Waals surface area contributed by atoms with E-state index in [0.717, 1.165) is 30.3 Å². The van der Waals surface area contributed by atoms with Gasteiger partial charge >= 0.3 is 0 Å². The Hall–Kier alpha value is -0.530. The number of likely N-dealkylation sites (tertiary alicyclic amines) is 1. The third-order valence-electron chi connectivity index (χ3n) is 4.27. The van der Waals surface area contributed by atoms with Crippen molar-refractivity contribution >= 4 is 11.6 Å². The standard InChI is InChI=1S/C15H20ClN/c16-8-4-7-15-14-9-13(14)11-17(15)10-12-5-2-1-3-6-12/h1-3,5-6,13-15H,4,7-11H2/t13-,14-,15-/m0/s1. The summed E-state index contributed by atoms with van der Waals surface area (Å²) in [7, 11) is 0. The van der Waals surface area contributed by atoms with E-state index >= 15 is 0 Å². The van der Waals surface area contributed by atoms with Gasteiger partial charge in [-0.15, -0.1) is 11.6 Å². The third-order valence-corrected chi connectivity index (χ3v) is 4.54. The summed E-state index contributed by atoms with van der Waals surface area (Å²) in [6.45, 7) is 2.44. The summed E-state index contributed by atoms with van der Waals surface area (Å²) in [5, 5.41) is 0. The average molecular weight is 250 g/mol. The summed E-state index contributed by atoms with van der Waals surface area (Å²) in [5.41, 5.74) is 1.45. The van der Waals surface area contributed by atoms with Crippen LogP contribution in [0.1, 0.15) is 24.8 Å². The minimum Gasteiger partial charge on any atom is -0.296 e. The highest BCUT2D eigenvalue weighted by molar-refractivity contribution is 6.17. The first-order valence-corrected chi connectivity index (χ1v) is 7.26. The molecule has 3 rings (SSSR count). The van der Waals surface area contributed by atoms with Crippen LogP contribution in [-0.4, -0.2) is 23.4 Å². The first-order chi connectivity index (χ1) is 8.38. The van der Waals surface area contributed by atoms with Crippen molar-refractivity contribution in [1.82, 2.24) is 4.90 Å². The van der Waals surface area contributed by atoms with Gasteiger partial charge in [0.15, 0.2) is 0 Å². The fourth-order valence-corrected chi connectivity index (χ4v) is 3.50. The summed E-state index contributed by atoms with van der Waals surface area (Å²) in [6.07, 6.45) is 3.93. The molecule has 1 heterocycles. The zero-order valence-electron chi connectivity index (χ0n) is 10.2. The van der Waals surface area contributed by atoms with Crippen LogP contribution in [0.15, 0.2) is 30.3 Å². The molecule has 2 heteroatoms. The van der Waals surface area contributed by atoms with Gasteiger partial charge in [0.1, 0.15) is 0 Å². The van der Waals surface area contributed by atoms with Crippen LogP contribution < -0.4 is 0 Å². The number of hydrogen-bond donors (Lipinski definition) is 0. The van der Waals surface area contributed by atoms with Crippen LogP contribution in [-0.2, 0) is 6.54 Å². The highest BCUT2D eigenvalue weighted by atomic mass is 35.5. The molecular formula is C15H20ClN. The molecule has 1 aliphatic heterocycles. The van der Waals surface area contributed by atoms with E-state index in [4.69, 9.17) is 11.6 Å². The molecule has 0 unspecified atom stereocenters. The van der Waals surface area contributed by atoms with E-state index in [1.165, 1.54) is 31.4 Å². The topological polar surface area (TPSA) is 3.24 Å². The fourth-order valence-electron chi connectivity index (χ4n) is 3.34. The van der Waals surface area contributed by atoms with Crippen LogP contribution in [0, 0.1) is 11.8 Å².